The number of rotatable bonds is 0. The molecule has 5 nitrogen and oxygen atoms in total. The molecular formula is H7LiNO4P. The van der Waals surface area contributed by atoms with E-state index < -0.39 is 7.82 Å². The van der Waals surface area contributed by atoms with Gasteiger partial charge in [-0.15, -0.1) is 0 Å². The molecule has 7 heavy (non-hydrogen) atoms. The Kier molecular flexibility index (Phi) is 10.8. The second kappa shape index (κ2) is 4.82. The monoisotopic (exact) mass is 123 g/mol. The van der Waals surface area contributed by atoms with Crippen LogP contribution in [0, 0.1) is 0 Å². The first-order valence-electron chi connectivity index (χ1n) is 0.783. The van der Waals surface area contributed by atoms with Crippen LogP contribution in [0.4, 0.5) is 0 Å². The summed E-state index contributed by atoms with van der Waals surface area (Å²) in [5.74, 6) is 0. The third-order valence-electron chi connectivity index (χ3n) is 0. The molecule has 0 saturated heterocycles. The van der Waals surface area contributed by atoms with Crippen LogP contribution in [0.1, 0.15) is 0 Å². The first-order valence-corrected chi connectivity index (χ1v) is 2.35. The Morgan fingerprint density at radius 3 is 1.14 bits per heavy atom. The van der Waals surface area contributed by atoms with E-state index in [0.717, 1.165) is 0 Å². The first-order chi connectivity index (χ1) is 2.00. The van der Waals surface area contributed by atoms with Gasteiger partial charge in [-0.25, -0.2) is 4.57 Å². The average molecular weight is 123 g/mol. The van der Waals surface area contributed by atoms with E-state index in [1.165, 1.54) is 0 Å². The topological polar surface area (TPSA) is 113 Å². The number of phosphoric acid groups is 1. The summed E-state index contributed by atoms with van der Waals surface area (Å²) in [6, 6.07) is 0. The van der Waals surface area contributed by atoms with E-state index in [1.54, 1.807) is 0 Å². The summed E-state index contributed by atoms with van der Waals surface area (Å²) in [6.45, 7) is 0. The molecule has 0 atom stereocenters. The first kappa shape index (κ1) is 15.6. The molecule has 0 heterocycles. The van der Waals surface area contributed by atoms with Gasteiger partial charge in [-0.2, -0.15) is 0 Å². The SMILES string of the molecule is N.O=P(O)(O)O.[LiH]. The van der Waals surface area contributed by atoms with E-state index in [2.05, 4.69) is 0 Å². The van der Waals surface area contributed by atoms with Crippen LogP contribution < -0.4 is 6.15 Å². The van der Waals surface area contributed by atoms with Gasteiger partial charge in [-0.3, -0.25) is 0 Å². The average Bonchev–Trinajstić information content (AvgIpc) is 0.722. The summed E-state index contributed by atoms with van der Waals surface area (Å²) in [5.41, 5.74) is 0. The molecule has 0 amide bonds. The van der Waals surface area contributed by atoms with Gasteiger partial charge < -0.3 is 20.8 Å². The summed E-state index contributed by atoms with van der Waals surface area (Å²) in [6.07, 6.45) is 0. The molecule has 0 aliphatic carbocycles. The van der Waals surface area contributed by atoms with Crippen LogP contribution in [0.5, 0.6) is 0 Å². The molecule has 0 rings (SSSR count). The maximum atomic E-state index is 8.88. The van der Waals surface area contributed by atoms with Crippen LogP contribution >= 0.6 is 7.82 Å². The summed E-state index contributed by atoms with van der Waals surface area (Å²) in [7, 11) is -4.64. The van der Waals surface area contributed by atoms with Crippen molar-refractivity contribution in [2.45, 2.75) is 0 Å². The Morgan fingerprint density at radius 2 is 1.14 bits per heavy atom. The fourth-order valence-corrected chi connectivity index (χ4v) is 0. The Morgan fingerprint density at radius 1 is 1.14 bits per heavy atom. The molecule has 0 saturated carbocycles. The standard InChI is InChI=1S/Li.H3N.H3O4P.H/c;;1-5(2,3)4;/h;1H3;(H3,1,2,3,4);. The Labute approximate surface area is 52.7 Å². The van der Waals surface area contributed by atoms with Crippen LogP contribution in [0.15, 0.2) is 0 Å². The zero-order valence-corrected chi connectivity index (χ0v) is 3.80. The van der Waals surface area contributed by atoms with Gasteiger partial charge >= 0.3 is 26.7 Å². The molecule has 0 aliphatic rings. The fourth-order valence-electron chi connectivity index (χ4n) is 0. The molecule has 7 heteroatoms. The van der Waals surface area contributed by atoms with Crippen molar-refractivity contribution in [3.8, 4) is 0 Å². The Balaban J connectivity index is -0.0000000800. The van der Waals surface area contributed by atoms with Gasteiger partial charge in [-0.05, 0) is 0 Å². The van der Waals surface area contributed by atoms with Crippen LogP contribution in [0.3, 0.4) is 0 Å². The zero-order chi connectivity index (χ0) is 4.50. The predicted octanol–water partition coefficient (Wildman–Crippen LogP) is -1.42. The van der Waals surface area contributed by atoms with Gasteiger partial charge in [-0.1, -0.05) is 0 Å². The van der Waals surface area contributed by atoms with Crippen molar-refractivity contribution in [1.82, 2.24) is 6.15 Å². The van der Waals surface area contributed by atoms with E-state index in [4.69, 9.17) is 19.2 Å². The molecular weight excluding hydrogens is 116 g/mol. The molecule has 42 valence electrons. The van der Waals surface area contributed by atoms with E-state index in [9.17, 15) is 0 Å². The van der Waals surface area contributed by atoms with Crippen molar-refractivity contribution >= 4 is 26.7 Å². The Bertz CT molecular complexity index is 57.8. The maximum absolute atomic E-state index is 8.88. The van der Waals surface area contributed by atoms with Gasteiger partial charge in [0.15, 0.2) is 0 Å². The zero-order valence-electron chi connectivity index (χ0n) is 2.90. The summed E-state index contributed by atoms with van der Waals surface area (Å²) in [4.78, 5) is 21.6. The van der Waals surface area contributed by atoms with Crippen LogP contribution in [-0.2, 0) is 4.57 Å². The second-order valence-corrected chi connectivity index (χ2v) is 1.54. The van der Waals surface area contributed by atoms with Crippen molar-refractivity contribution in [2.75, 3.05) is 0 Å². The van der Waals surface area contributed by atoms with Gasteiger partial charge in [0.25, 0.3) is 0 Å². The van der Waals surface area contributed by atoms with E-state index >= 15 is 0 Å². The molecule has 0 radical (unpaired) electrons. The van der Waals surface area contributed by atoms with Gasteiger partial charge in [0.2, 0.25) is 0 Å². The molecule has 0 aliphatic heterocycles. The van der Waals surface area contributed by atoms with Crippen molar-refractivity contribution in [2.24, 2.45) is 0 Å². The van der Waals surface area contributed by atoms with Crippen molar-refractivity contribution in [3.05, 3.63) is 0 Å². The van der Waals surface area contributed by atoms with Gasteiger partial charge in [0.05, 0.1) is 0 Å². The van der Waals surface area contributed by atoms with Crippen molar-refractivity contribution in [1.29, 1.82) is 0 Å². The molecule has 0 aromatic rings. The molecule has 0 aromatic carbocycles. The predicted molar refractivity (Wildman–Crippen MR) is 26.4 cm³/mol. The fraction of sp³-hybridized carbons (Fsp3) is 0. The summed E-state index contributed by atoms with van der Waals surface area (Å²) in [5, 5.41) is 0. The van der Waals surface area contributed by atoms with Gasteiger partial charge in [0.1, 0.15) is 0 Å². The molecule has 6 N–H and O–H groups in total. The number of hydrogen-bond acceptors (Lipinski definition) is 2. The van der Waals surface area contributed by atoms with E-state index in [1.807, 2.05) is 0 Å². The second-order valence-electron chi connectivity index (χ2n) is 0.513. The summed E-state index contributed by atoms with van der Waals surface area (Å²) < 4.78 is 8.88. The third kappa shape index (κ3) is 326. The van der Waals surface area contributed by atoms with Crippen molar-refractivity contribution in [3.63, 3.8) is 0 Å². The Hall–Kier alpha value is 0.667. The van der Waals surface area contributed by atoms with E-state index in [0.29, 0.717) is 0 Å². The molecule has 0 spiro atoms. The molecule has 0 unspecified atom stereocenters. The van der Waals surface area contributed by atoms with Crippen LogP contribution in [0.2, 0.25) is 0 Å². The quantitative estimate of drug-likeness (QED) is 0.233. The van der Waals surface area contributed by atoms with Crippen LogP contribution in [0.25, 0.3) is 0 Å². The molecule has 0 aromatic heterocycles. The normalized spacial score (nSPS) is 8.43. The molecule has 0 fully saturated rings. The van der Waals surface area contributed by atoms with Crippen molar-refractivity contribution < 1.29 is 19.2 Å². The minimum absolute atomic E-state index is 0. The van der Waals surface area contributed by atoms with Gasteiger partial charge in [0, 0.05) is 0 Å². The minimum atomic E-state index is -4.64. The third-order valence-corrected chi connectivity index (χ3v) is 0. The number of hydrogen-bond donors (Lipinski definition) is 4. The summed E-state index contributed by atoms with van der Waals surface area (Å²) >= 11 is 0. The molecule has 0 bridgehead atoms. The van der Waals surface area contributed by atoms with E-state index in [-0.39, 0.29) is 25.0 Å². The van der Waals surface area contributed by atoms with Crippen LogP contribution in [-0.4, -0.2) is 33.5 Å².